The van der Waals surface area contributed by atoms with E-state index >= 15 is 0 Å². The second kappa shape index (κ2) is 23.5. The number of hydrogen-bond acceptors (Lipinski definition) is 13. The number of fused-ring (bicyclic) bond motifs is 5. The maximum atomic E-state index is 14.0. The fraction of sp³-hybridized carbons (Fsp3) is 0.327. The minimum Gasteiger partial charge on any atom is -0.493 e. The van der Waals surface area contributed by atoms with Crippen LogP contribution in [0.5, 0.6) is 11.5 Å². The highest BCUT2D eigenvalue weighted by Gasteiger charge is 2.36. The lowest BCUT2D eigenvalue weighted by molar-refractivity contribution is -0.128. The second-order valence-corrected chi connectivity index (χ2v) is 20.6. The van der Waals surface area contributed by atoms with Gasteiger partial charge in [-0.1, -0.05) is 64.6 Å². The van der Waals surface area contributed by atoms with Crippen LogP contribution >= 0.6 is 21.6 Å². The number of nitrogens with one attached hydrogen (secondary N) is 5. The number of carbonyl (C=O) groups excluding carboxylic acids is 5. The lowest BCUT2D eigenvalue weighted by Crippen LogP contribution is -2.43. The number of carbonyl (C=O) groups is 5. The molecule has 366 valence electrons. The number of methoxy groups -OCH3 is 1. The van der Waals surface area contributed by atoms with E-state index in [4.69, 9.17) is 19.2 Å². The van der Waals surface area contributed by atoms with Gasteiger partial charge >= 0.3 is 0 Å². The molecule has 0 saturated carbocycles. The summed E-state index contributed by atoms with van der Waals surface area (Å²) in [5.74, 6) is -0.832. The molecule has 5 N–H and O–H groups in total. The maximum Gasteiger partial charge on any atom is 0.261 e. The molecule has 0 saturated heterocycles. The van der Waals surface area contributed by atoms with Crippen LogP contribution in [0.3, 0.4) is 0 Å². The van der Waals surface area contributed by atoms with E-state index in [1.165, 1.54) is 12.7 Å². The van der Waals surface area contributed by atoms with Crippen molar-refractivity contribution < 1.29 is 38.2 Å². The Hall–Kier alpha value is -7.05. The van der Waals surface area contributed by atoms with Gasteiger partial charge in [0.15, 0.2) is 11.5 Å². The zero-order chi connectivity index (χ0) is 49.8. The Morgan fingerprint density at radius 3 is 2.30 bits per heavy atom. The number of aliphatic imine (C=N–C) groups is 2. The van der Waals surface area contributed by atoms with E-state index in [1.54, 1.807) is 70.0 Å². The number of rotatable bonds is 22. The number of amides is 5. The minimum absolute atomic E-state index is 0.0248. The van der Waals surface area contributed by atoms with E-state index in [-0.39, 0.29) is 67.9 Å². The molecule has 3 heterocycles. The highest BCUT2D eigenvalue weighted by molar-refractivity contribution is 8.76. The summed E-state index contributed by atoms with van der Waals surface area (Å²) in [5, 5.41) is 13.8. The monoisotopic (exact) mass is 986 g/mol. The van der Waals surface area contributed by atoms with Crippen molar-refractivity contribution in [2.75, 3.05) is 48.5 Å². The highest BCUT2D eigenvalue weighted by Crippen LogP contribution is 2.41. The molecule has 2 atom stereocenters. The zero-order valence-corrected chi connectivity index (χ0v) is 41.5. The van der Waals surface area contributed by atoms with Gasteiger partial charge in [-0.2, -0.15) is 0 Å². The topological polar surface area (TPSA) is 201 Å². The molecule has 4 aromatic rings. The number of ether oxygens (including phenoxy) is 3. The molecule has 4 aromatic carbocycles. The summed E-state index contributed by atoms with van der Waals surface area (Å²) < 4.78 is 18.1. The van der Waals surface area contributed by atoms with Gasteiger partial charge in [0, 0.05) is 59.2 Å². The fourth-order valence-corrected chi connectivity index (χ4v) is 10.3. The van der Waals surface area contributed by atoms with E-state index < -0.39 is 17.7 Å². The first kappa shape index (κ1) is 50.8. The summed E-state index contributed by atoms with van der Waals surface area (Å²) in [4.78, 5) is 75.4. The van der Waals surface area contributed by atoms with Crippen molar-refractivity contribution in [2.45, 2.75) is 76.5 Å². The van der Waals surface area contributed by atoms with Gasteiger partial charge in [0.05, 0.1) is 61.5 Å². The van der Waals surface area contributed by atoms with Crippen LogP contribution in [-0.4, -0.2) is 91.8 Å². The van der Waals surface area contributed by atoms with Crippen molar-refractivity contribution in [2.24, 2.45) is 9.98 Å². The number of nitrogens with zero attached hydrogens (tertiary/aromatic N) is 3. The van der Waals surface area contributed by atoms with E-state index in [9.17, 15) is 24.0 Å². The SMILES string of the molecule is C=C(/C=C(\C)OCc1cc(COc2cc3c(cc2OC)C(=O)N2c4ccccc4C[C@H]2C=N3)cc(NC(=O)CNC(=O)CNC(=O)CNC(=O)CCC(C)(C)SSC)c1)/N=C\[C@@H]1Cc2ccccc2N1. The normalized spacial score (nSPS) is 15.7. The maximum absolute atomic E-state index is 14.0. The van der Waals surface area contributed by atoms with Gasteiger partial charge in [0.1, 0.15) is 13.2 Å². The third kappa shape index (κ3) is 13.8. The molecule has 16 nitrogen and oxygen atoms in total. The number of anilines is 3. The van der Waals surface area contributed by atoms with Crippen LogP contribution in [0.4, 0.5) is 22.7 Å². The molecule has 3 aliphatic rings. The molecule has 3 aliphatic heterocycles. The Bertz CT molecular complexity index is 2710. The number of allylic oxidation sites excluding steroid dienone is 2. The van der Waals surface area contributed by atoms with E-state index in [0.717, 1.165) is 23.4 Å². The Balaban J connectivity index is 0.980. The van der Waals surface area contributed by atoms with Crippen LogP contribution in [0, 0.1) is 0 Å². The summed E-state index contributed by atoms with van der Waals surface area (Å²) in [6.07, 6.45) is 9.75. The summed E-state index contributed by atoms with van der Waals surface area (Å²) >= 11 is 0. The van der Waals surface area contributed by atoms with Crippen molar-refractivity contribution in [3.63, 3.8) is 0 Å². The van der Waals surface area contributed by atoms with Crippen LogP contribution in [0.15, 0.2) is 113 Å². The Kier molecular flexibility index (Phi) is 17.1. The number of hydrogen-bond donors (Lipinski definition) is 5. The minimum atomic E-state index is -0.592. The van der Waals surface area contributed by atoms with E-state index in [1.807, 2.05) is 61.0 Å². The van der Waals surface area contributed by atoms with E-state index in [2.05, 4.69) is 58.1 Å². The van der Waals surface area contributed by atoms with Crippen molar-refractivity contribution in [1.29, 1.82) is 0 Å². The fourth-order valence-electron chi connectivity index (χ4n) is 8.10. The summed E-state index contributed by atoms with van der Waals surface area (Å²) in [6, 6.07) is 24.5. The van der Waals surface area contributed by atoms with Gasteiger partial charge in [-0.25, -0.2) is 0 Å². The Labute approximate surface area is 416 Å². The molecular weight excluding hydrogens is 929 g/mol. The number of benzene rings is 4. The van der Waals surface area contributed by atoms with Crippen LogP contribution in [0.2, 0.25) is 0 Å². The molecular formula is C52H58N8O8S2. The Morgan fingerprint density at radius 2 is 1.57 bits per heavy atom. The third-order valence-electron chi connectivity index (χ3n) is 11.5. The quantitative estimate of drug-likeness (QED) is 0.0227. The van der Waals surface area contributed by atoms with Crippen LogP contribution in [-0.2, 0) is 50.0 Å². The smallest absolute Gasteiger partial charge is 0.261 e. The predicted octanol–water partition coefficient (Wildman–Crippen LogP) is 7.46. The molecule has 70 heavy (non-hydrogen) atoms. The molecule has 7 rings (SSSR count). The molecule has 5 amide bonds. The standard InChI is InChI=1S/C52H58N8O8S2/c1-32(53-25-39-21-36-11-7-9-13-42(36)58-39)17-33(2)67-30-34-18-35(20-38(19-34)59-50(64)29-57-49(63)28-56-48(62)27-55-47(61)15-16-52(3,4)70-69-6)31-68-46-24-43-41(23-45(46)66-5)51(65)60-40(26-54-43)22-37-12-8-10-14-44(37)60/h7-14,17-20,23-26,39-40,58H,1,15-16,21-22,27-31H2,2-6H3,(H,55,61)(H,56,62)(H,57,63)(H,59,64)/b33-17+,53-25-/t39-,40-/m0/s1. The summed E-state index contributed by atoms with van der Waals surface area (Å²) in [6.45, 7) is 9.08. The van der Waals surface area contributed by atoms with Gasteiger partial charge in [-0.3, -0.25) is 38.9 Å². The van der Waals surface area contributed by atoms with E-state index in [0.29, 0.717) is 63.9 Å². The van der Waals surface area contributed by atoms with Crippen molar-refractivity contribution in [1.82, 2.24) is 16.0 Å². The molecule has 0 radical (unpaired) electrons. The van der Waals surface area contributed by atoms with Crippen molar-refractivity contribution in [3.05, 3.63) is 131 Å². The zero-order valence-electron chi connectivity index (χ0n) is 39.9. The highest BCUT2D eigenvalue weighted by atomic mass is 33.1. The van der Waals surface area contributed by atoms with Gasteiger partial charge < -0.3 is 40.8 Å². The van der Waals surface area contributed by atoms with Crippen LogP contribution in [0.1, 0.15) is 66.2 Å². The average Bonchev–Trinajstić information content (AvgIpc) is 3.91. The first-order valence-electron chi connectivity index (χ1n) is 22.8. The summed E-state index contributed by atoms with van der Waals surface area (Å²) in [7, 11) is 4.82. The van der Waals surface area contributed by atoms with Crippen molar-refractivity contribution in [3.8, 4) is 11.5 Å². The lowest BCUT2D eigenvalue weighted by atomic mass is 10.1. The molecule has 0 bridgehead atoms. The average molecular weight is 987 g/mol. The molecule has 0 aliphatic carbocycles. The predicted molar refractivity (Wildman–Crippen MR) is 278 cm³/mol. The third-order valence-corrected chi connectivity index (χ3v) is 14.2. The largest absolute Gasteiger partial charge is 0.493 e. The van der Waals surface area contributed by atoms with Crippen LogP contribution < -0.4 is 41.0 Å². The van der Waals surface area contributed by atoms with Gasteiger partial charge in [0.2, 0.25) is 23.6 Å². The molecule has 0 aromatic heterocycles. The molecule has 0 spiro atoms. The lowest BCUT2D eigenvalue weighted by Gasteiger charge is -2.22. The first-order chi connectivity index (χ1) is 33.7. The van der Waals surface area contributed by atoms with Gasteiger partial charge in [0.25, 0.3) is 5.91 Å². The van der Waals surface area contributed by atoms with Gasteiger partial charge in [-0.05, 0) is 98.5 Å². The van der Waals surface area contributed by atoms with Gasteiger partial charge in [-0.15, -0.1) is 0 Å². The van der Waals surface area contributed by atoms with Crippen LogP contribution in [0.25, 0.3) is 0 Å². The van der Waals surface area contributed by atoms with Crippen molar-refractivity contribution >= 4 is 86.3 Å². The molecule has 0 fully saturated rings. The first-order valence-corrected chi connectivity index (χ1v) is 25.4. The second-order valence-electron chi connectivity index (χ2n) is 17.5. The number of para-hydroxylation sites is 2. The summed E-state index contributed by atoms with van der Waals surface area (Å²) in [5.41, 5.74) is 7.38. The molecule has 0 unspecified atom stereocenters. The Morgan fingerprint density at radius 1 is 0.886 bits per heavy atom. The molecule has 18 heteroatoms.